The van der Waals surface area contributed by atoms with E-state index in [1.54, 1.807) is 7.11 Å². The number of methoxy groups -OCH3 is 1. The van der Waals surface area contributed by atoms with Crippen LogP contribution in [-0.4, -0.2) is 13.2 Å². The summed E-state index contributed by atoms with van der Waals surface area (Å²) < 4.78 is 11.2. The third-order valence-electron chi connectivity index (χ3n) is 2.74. The third kappa shape index (κ3) is 3.93. The molecule has 0 radical (unpaired) electrons. The lowest BCUT2D eigenvalue weighted by atomic mass is 10.1. The van der Waals surface area contributed by atoms with E-state index in [0.717, 1.165) is 29.9 Å². The summed E-state index contributed by atoms with van der Waals surface area (Å²) in [6.45, 7) is 6.17. The van der Waals surface area contributed by atoms with Gasteiger partial charge in [0, 0.05) is 6.04 Å². The Morgan fingerprint density at radius 2 is 1.94 bits per heavy atom. The lowest BCUT2D eigenvalue weighted by molar-refractivity contribution is 0.200. The normalized spacial score (nSPS) is 14.2. The third-order valence-corrected chi connectivity index (χ3v) is 2.74. The second-order valence-electron chi connectivity index (χ2n) is 4.42. The van der Waals surface area contributed by atoms with Gasteiger partial charge >= 0.3 is 0 Å². The zero-order chi connectivity index (χ0) is 12.8. The van der Waals surface area contributed by atoms with Gasteiger partial charge in [0.05, 0.1) is 13.2 Å². The zero-order valence-electron chi connectivity index (χ0n) is 11.2. The SMILES string of the molecule is CCCC(C)Oc1ccc([C@@H](C)N)cc1OC. The van der Waals surface area contributed by atoms with Crippen molar-refractivity contribution in [2.24, 2.45) is 5.73 Å². The lowest BCUT2D eigenvalue weighted by Crippen LogP contribution is -2.12. The van der Waals surface area contributed by atoms with E-state index in [0.29, 0.717) is 0 Å². The van der Waals surface area contributed by atoms with Gasteiger partial charge in [-0.15, -0.1) is 0 Å². The molecule has 0 bridgehead atoms. The number of hydrogen-bond donors (Lipinski definition) is 1. The van der Waals surface area contributed by atoms with Crippen molar-refractivity contribution >= 4 is 0 Å². The standard InChI is InChI=1S/C14H23NO2/c1-5-6-10(2)17-13-8-7-12(11(3)15)9-14(13)16-4/h7-11H,5-6,15H2,1-4H3/t10?,11-/m1/s1. The van der Waals surface area contributed by atoms with Crippen molar-refractivity contribution < 1.29 is 9.47 Å². The first-order chi connectivity index (χ1) is 8.08. The maximum Gasteiger partial charge on any atom is 0.161 e. The van der Waals surface area contributed by atoms with Gasteiger partial charge in [-0.25, -0.2) is 0 Å². The van der Waals surface area contributed by atoms with E-state index < -0.39 is 0 Å². The van der Waals surface area contributed by atoms with Gasteiger partial charge in [-0.05, 0) is 38.0 Å². The Hall–Kier alpha value is -1.22. The summed E-state index contributed by atoms with van der Waals surface area (Å²) in [7, 11) is 1.65. The van der Waals surface area contributed by atoms with E-state index in [1.165, 1.54) is 0 Å². The molecule has 0 saturated heterocycles. The van der Waals surface area contributed by atoms with Gasteiger partial charge in [-0.3, -0.25) is 0 Å². The van der Waals surface area contributed by atoms with Crippen LogP contribution < -0.4 is 15.2 Å². The zero-order valence-corrected chi connectivity index (χ0v) is 11.2. The van der Waals surface area contributed by atoms with Crippen LogP contribution in [0.25, 0.3) is 0 Å². The van der Waals surface area contributed by atoms with Gasteiger partial charge in [0.1, 0.15) is 0 Å². The summed E-state index contributed by atoms with van der Waals surface area (Å²) in [4.78, 5) is 0. The Bertz CT molecular complexity index is 350. The van der Waals surface area contributed by atoms with Gasteiger partial charge in [-0.2, -0.15) is 0 Å². The second-order valence-corrected chi connectivity index (χ2v) is 4.42. The van der Waals surface area contributed by atoms with Crippen molar-refractivity contribution in [1.29, 1.82) is 0 Å². The summed E-state index contributed by atoms with van der Waals surface area (Å²) >= 11 is 0. The Morgan fingerprint density at radius 3 is 2.47 bits per heavy atom. The fourth-order valence-electron chi connectivity index (χ4n) is 1.75. The first-order valence-electron chi connectivity index (χ1n) is 6.18. The van der Waals surface area contributed by atoms with E-state index >= 15 is 0 Å². The minimum Gasteiger partial charge on any atom is -0.493 e. The van der Waals surface area contributed by atoms with E-state index in [-0.39, 0.29) is 12.1 Å². The molecule has 1 unspecified atom stereocenters. The summed E-state index contributed by atoms with van der Waals surface area (Å²) in [6.07, 6.45) is 2.36. The highest BCUT2D eigenvalue weighted by atomic mass is 16.5. The van der Waals surface area contributed by atoms with Crippen molar-refractivity contribution in [2.75, 3.05) is 7.11 Å². The first-order valence-corrected chi connectivity index (χ1v) is 6.18. The van der Waals surface area contributed by atoms with Crippen molar-refractivity contribution in [2.45, 2.75) is 45.8 Å². The van der Waals surface area contributed by atoms with Gasteiger partial charge in [0.25, 0.3) is 0 Å². The molecule has 1 aromatic carbocycles. The minimum absolute atomic E-state index is 0.00557. The molecule has 17 heavy (non-hydrogen) atoms. The molecule has 0 aliphatic rings. The molecule has 0 fully saturated rings. The predicted octanol–water partition coefficient (Wildman–Crippen LogP) is 3.28. The summed E-state index contributed by atoms with van der Waals surface area (Å²) in [5.41, 5.74) is 6.89. The maximum absolute atomic E-state index is 5.85. The van der Waals surface area contributed by atoms with E-state index in [4.69, 9.17) is 15.2 Å². The van der Waals surface area contributed by atoms with Crippen LogP contribution in [0.4, 0.5) is 0 Å². The molecule has 0 amide bonds. The Kier molecular flexibility index (Phi) is 5.29. The topological polar surface area (TPSA) is 44.5 Å². The molecule has 1 aromatic rings. The fourth-order valence-corrected chi connectivity index (χ4v) is 1.75. The molecule has 0 aliphatic heterocycles. The lowest BCUT2D eigenvalue weighted by Gasteiger charge is -2.17. The Morgan fingerprint density at radius 1 is 1.24 bits per heavy atom. The van der Waals surface area contributed by atoms with Crippen LogP contribution in [0.5, 0.6) is 11.5 Å². The number of ether oxygens (including phenoxy) is 2. The average molecular weight is 237 g/mol. The first kappa shape index (κ1) is 13.8. The quantitative estimate of drug-likeness (QED) is 0.825. The largest absolute Gasteiger partial charge is 0.493 e. The van der Waals surface area contributed by atoms with Crippen molar-refractivity contribution in [1.82, 2.24) is 0 Å². The fraction of sp³-hybridized carbons (Fsp3) is 0.571. The molecule has 0 spiro atoms. The maximum atomic E-state index is 5.85. The van der Waals surface area contributed by atoms with E-state index in [1.807, 2.05) is 25.1 Å². The predicted molar refractivity (Wildman–Crippen MR) is 70.6 cm³/mol. The van der Waals surface area contributed by atoms with Crippen LogP contribution in [-0.2, 0) is 0 Å². The van der Waals surface area contributed by atoms with E-state index in [9.17, 15) is 0 Å². The summed E-state index contributed by atoms with van der Waals surface area (Å²) in [6, 6.07) is 5.87. The second kappa shape index (κ2) is 6.50. The van der Waals surface area contributed by atoms with Crippen LogP contribution in [0.1, 0.15) is 45.2 Å². The molecular formula is C14H23NO2. The van der Waals surface area contributed by atoms with Gasteiger partial charge in [-0.1, -0.05) is 19.4 Å². The van der Waals surface area contributed by atoms with E-state index in [2.05, 4.69) is 13.8 Å². The molecule has 0 aliphatic carbocycles. The highest BCUT2D eigenvalue weighted by Gasteiger charge is 2.10. The van der Waals surface area contributed by atoms with Gasteiger partial charge < -0.3 is 15.2 Å². The minimum atomic E-state index is 0.00557. The molecule has 2 N–H and O–H groups in total. The Labute approximate surface area is 104 Å². The summed E-state index contributed by atoms with van der Waals surface area (Å²) in [5, 5.41) is 0. The van der Waals surface area contributed by atoms with Crippen LogP contribution in [0.15, 0.2) is 18.2 Å². The van der Waals surface area contributed by atoms with Crippen molar-refractivity contribution in [3.05, 3.63) is 23.8 Å². The van der Waals surface area contributed by atoms with Crippen LogP contribution >= 0.6 is 0 Å². The highest BCUT2D eigenvalue weighted by molar-refractivity contribution is 5.43. The summed E-state index contributed by atoms with van der Waals surface area (Å²) in [5.74, 6) is 1.54. The molecule has 2 atom stereocenters. The Balaban J connectivity index is 2.85. The number of benzene rings is 1. The van der Waals surface area contributed by atoms with Gasteiger partial charge in [0.15, 0.2) is 11.5 Å². The van der Waals surface area contributed by atoms with Crippen molar-refractivity contribution in [3.63, 3.8) is 0 Å². The van der Waals surface area contributed by atoms with Gasteiger partial charge in [0.2, 0.25) is 0 Å². The molecule has 3 nitrogen and oxygen atoms in total. The molecule has 0 aromatic heterocycles. The number of rotatable bonds is 6. The molecule has 96 valence electrons. The van der Waals surface area contributed by atoms with Crippen LogP contribution in [0.3, 0.4) is 0 Å². The monoisotopic (exact) mass is 237 g/mol. The molecule has 0 saturated carbocycles. The molecule has 3 heteroatoms. The van der Waals surface area contributed by atoms with Crippen LogP contribution in [0, 0.1) is 0 Å². The average Bonchev–Trinajstić information content (AvgIpc) is 2.29. The van der Waals surface area contributed by atoms with Crippen LogP contribution in [0.2, 0.25) is 0 Å². The number of nitrogens with two attached hydrogens (primary N) is 1. The molecular weight excluding hydrogens is 214 g/mol. The number of hydrogen-bond acceptors (Lipinski definition) is 3. The highest BCUT2D eigenvalue weighted by Crippen LogP contribution is 2.30. The molecule has 0 heterocycles. The molecule has 1 rings (SSSR count). The smallest absolute Gasteiger partial charge is 0.161 e. The van der Waals surface area contributed by atoms with Crippen molar-refractivity contribution in [3.8, 4) is 11.5 Å².